The van der Waals surface area contributed by atoms with Crippen molar-refractivity contribution in [2.75, 3.05) is 5.32 Å². The number of pyridine rings is 2. The van der Waals surface area contributed by atoms with Gasteiger partial charge in [0.15, 0.2) is 0 Å². The quantitative estimate of drug-likeness (QED) is 0.333. The zero-order valence-corrected chi connectivity index (χ0v) is 19.9. The Morgan fingerprint density at radius 3 is 2.32 bits per heavy atom. The monoisotopic (exact) mass is 488 g/mol. The molecule has 8 heteroatoms. The van der Waals surface area contributed by atoms with Crippen LogP contribution in [0.1, 0.15) is 31.8 Å². The number of amides is 2. The third kappa shape index (κ3) is 5.94. The highest BCUT2D eigenvalue weighted by molar-refractivity contribution is 6.04. The highest BCUT2D eigenvalue weighted by Gasteiger charge is 2.18. The zero-order chi connectivity index (χ0) is 25.5. The second kappa shape index (κ2) is 11.1. The SMILES string of the molecule is O=C(Nc1cccc(CNC(=O)c2cn(Cc3ccccc3)nc2-c2cccnc2)c1)c1cccnc1. The summed E-state index contributed by atoms with van der Waals surface area (Å²) in [5.41, 5.74) is 4.82. The molecule has 0 spiro atoms. The van der Waals surface area contributed by atoms with Gasteiger partial charge < -0.3 is 10.6 Å². The Bertz CT molecular complexity index is 1500. The van der Waals surface area contributed by atoms with Crippen LogP contribution in [0.4, 0.5) is 5.69 Å². The molecule has 2 N–H and O–H groups in total. The van der Waals surface area contributed by atoms with Crippen LogP contribution in [-0.2, 0) is 13.1 Å². The van der Waals surface area contributed by atoms with Crippen LogP contribution in [-0.4, -0.2) is 31.6 Å². The summed E-state index contributed by atoms with van der Waals surface area (Å²) in [7, 11) is 0. The normalized spacial score (nSPS) is 10.6. The Morgan fingerprint density at radius 1 is 0.784 bits per heavy atom. The number of rotatable bonds is 8. The van der Waals surface area contributed by atoms with Crippen LogP contribution in [0, 0.1) is 0 Å². The van der Waals surface area contributed by atoms with Gasteiger partial charge in [0.2, 0.25) is 0 Å². The van der Waals surface area contributed by atoms with E-state index in [2.05, 4.69) is 20.6 Å². The first-order valence-corrected chi connectivity index (χ1v) is 11.8. The smallest absolute Gasteiger partial charge is 0.257 e. The number of carbonyl (C=O) groups is 2. The average Bonchev–Trinajstić information content (AvgIpc) is 3.37. The van der Waals surface area contributed by atoms with Gasteiger partial charge in [0, 0.05) is 48.8 Å². The molecule has 0 atom stereocenters. The number of nitrogens with zero attached hydrogens (tertiary/aromatic N) is 4. The molecule has 0 saturated carbocycles. The lowest BCUT2D eigenvalue weighted by molar-refractivity contribution is 0.0950. The second-order valence-corrected chi connectivity index (χ2v) is 8.40. The molecule has 2 amide bonds. The molecule has 0 aliphatic carbocycles. The van der Waals surface area contributed by atoms with E-state index in [0.717, 1.165) is 16.7 Å². The van der Waals surface area contributed by atoms with Gasteiger partial charge in [0.05, 0.1) is 17.7 Å². The summed E-state index contributed by atoms with van der Waals surface area (Å²) < 4.78 is 1.77. The minimum absolute atomic E-state index is 0.247. The number of aromatic nitrogens is 4. The van der Waals surface area contributed by atoms with Crippen molar-refractivity contribution in [3.05, 3.63) is 132 Å². The third-order valence-electron chi connectivity index (χ3n) is 5.69. The van der Waals surface area contributed by atoms with Crippen LogP contribution in [0.3, 0.4) is 0 Å². The second-order valence-electron chi connectivity index (χ2n) is 8.40. The van der Waals surface area contributed by atoms with Crippen LogP contribution in [0.5, 0.6) is 0 Å². The molecule has 2 aromatic carbocycles. The fourth-order valence-corrected chi connectivity index (χ4v) is 3.89. The van der Waals surface area contributed by atoms with Crippen molar-refractivity contribution in [1.82, 2.24) is 25.1 Å². The Kier molecular flexibility index (Phi) is 7.08. The molecule has 3 heterocycles. The highest BCUT2D eigenvalue weighted by Crippen LogP contribution is 2.22. The van der Waals surface area contributed by atoms with E-state index < -0.39 is 0 Å². The summed E-state index contributed by atoms with van der Waals surface area (Å²) in [5, 5.41) is 10.5. The first-order valence-electron chi connectivity index (χ1n) is 11.8. The van der Waals surface area contributed by atoms with Gasteiger partial charge in [0.1, 0.15) is 5.69 Å². The third-order valence-corrected chi connectivity index (χ3v) is 5.69. The van der Waals surface area contributed by atoms with E-state index in [0.29, 0.717) is 29.1 Å². The largest absolute Gasteiger partial charge is 0.348 e. The minimum Gasteiger partial charge on any atom is -0.348 e. The lowest BCUT2D eigenvalue weighted by Gasteiger charge is -2.09. The molecule has 0 saturated heterocycles. The summed E-state index contributed by atoms with van der Waals surface area (Å²) >= 11 is 0. The lowest BCUT2D eigenvalue weighted by atomic mass is 10.1. The number of nitrogens with one attached hydrogen (secondary N) is 2. The maximum Gasteiger partial charge on any atom is 0.257 e. The maximum absolute atomic E-state index is 13.3. The van der Waals surface area contributed by atoms with Crippen molar-refractivity contribution in [2.24, 2.45) is 0 Å². The van der Waals surface area contributed by atoms with Crippen molar-refractivity contribution >= 4 is 17.5 Å². The zero-order valence-electron chi connectivity index (χ0n) is 19.9. The summed E-state index contributed by atoms with van der Waals surface area (Å²) in [6, 6.07) is 24.4. The van der Waals surface area contributed by atoms with Gasteiger partial charge >= 0.3 is 0 Å². The molecule has 0 radical (unpaired) electrons. The average molecular weight is 489 g/mol. The van der Waals surface area contributed by atoms with Gasteiger partial charge in [-0.25, -0.2) is 0 Å². The molecular formula is C29H24N6O2. The molecule has 0 fully saturated rings. The van der Waals surface area contributed by atoms with Gasteiger partial charge in [-0.3, -0.25) is 24.2 Å². The Balaban J connectivity index is 1.31. The summed E-state index contributed by atoms with van der Waals surface area (Å²) in [6.45, 7) is 0.825. The van der Waals surface area contributed by atoms with E-state index in [1.165, 1.54) is 6.20 Å². The molecule has 5 aromatic rings. The first-order chi connectivity index (χ1) is 18.2. The molecular weight excluding hydrogens is 464 g/mol. The molecule has 5 rings (SSSR count). The number of benzene rings is 2. The van der Waals surface area contributed by atoms with E-state index in [4.69, 9.17) is 5.10 Å². The van der Waals surface area contributed by atoms with Gasteiger partial charge in [-0.05, 0) is 47.5 Å². The van der Waals surface area contributed by atoms with Gasteiger partial charge in [-0.2, -0.15) is 5.10 Å². The fourth-order valence-electron chi connectivity index (χ4n) is 3.89. The Labute approximate surface area is 214 Å². The molecule has 37 heavy (non-hydrogen) atoms. The van der Waals surface area contributed by atoms with E-state index in [1.54, 1.807) is 47.7 Å². The molecule has 182 valence electrons. The lowest BCUT2D eigenvalue weighted by Crippen LogP contribution is -2.23. The number of anilines is 1. The van der Waals surface area contributed by atoms with Crippen LogP contribution in [0.2, 0.25) is 0 Å². The highest BCUT2D eigenvalue weighted by atomic mass is 16.2. The maximum atomic E-state index is 13.3. The summed E-state index contributed by atoms with van der Waals surface area (Å²) in [6.07, 6.45) is 8.27. The summed E-state index contributed by atoms with van der Waals surface area (Å²) in [5.74, 6) is -0.496. The fraction of sp³-hybridized carbons (Fsp3) is 0.0690. The van der Waals surface area contributed by atoms with E-state index >= 15 is 0 Å². The van der Waals surface area contributed by atoms with Gasteiger partial charge in [-0.15, -0.1) is 0 Å². The molecule has 3 aromatic heterocycles. The Morgan fingerprint density at radius 2 is 1.57 bits per heavy atom. The topological polar surface area (TPSA) is 102 Å². The summed E-state index contributed by atoms with van der Waals surface area (Å²) in [4.78, 5) is 33.9. The predicted molar refractivity (Wildman–Crippen MR) is 141 cm³/mol. The van der Waals surface area contributed by atoms with Crippen LogP contribution in [0.15, 0.2) is 110 Å². The van der Waals surface area contributed by atoms with Gasteiger partial charge in [0.25, 0.3) is 11.8 Å². The van der Waals surface area contributed by atoms with E-state index in [1.807, 2.05) is 60.7 Å². The van der Waals surface area contributed by atoms with Crippen LogP contribution < -0.4 is 10.6 Å². The first kappa shape index (κ1) is 23.6. The number of hydrogen-bond acceptors (Lipinski definition) is 5. The predicted octanol–water partition coefficient (Wildman–Crippen LogP) is 4.57. The van der Waals surface area contributed by atoms with E-state index in [-0.39, 0.29) is 18.4 Å². The minimum atomic E-state index is -0.249. The molecule has 0 aliphatic rings. The molecule has 0 aliphatic heterocycles. The van der Waals surface area contributed by atoms with Crippen molar-refractivity contribution in [3.63, 3.8) is 0 Å². The standard InChI is InChI=1S/C29H24N6O2/c36-28(24-11-6-14-31-18-24)33-25-12-4-9-22(15-25)16-32-29(37)26-20-35(19-21-7-2-1-3-8-21)34-27(26)23-10-5-13-30-17-23/h1-15,17-18,20H,16,19H2,(H,32,37)(H,33,36). The van der Waals surface area contributed by atoms with Crippen molar-refractivity contribution in [2.45, 2.75) is 13.1 Å². The van der Waals surface area contributed by atoms with E-state index in [9.17, 15) is 9.59 Å². The molecule has 8 nitrogen and oxygen atoms in total. The van der Waals surface area contributed by atoms with Crippen molar-refractivity contribution in [1.29, 1.82) is 0 Å². The van der Waals surface area contributed by atoms with Gasteiger partial charge in [-0.1, -0.05) is 42.5 Å². The molecule has 0 bridgehead atoms. The molecule has 0 unspecified atom stereocenters. The number of hydrogen-bond donors (Lipinski definition) is 2. The van der Waals surface area contributed by atoms with Crippen LogP contribution in [0.25, 0.3) is 11.3 Å². The van der Waals surface area contributed by atoms with Crippen LogP contribution >= 0.6 is 0 Å². The van der Waals surface area contributed by atoms with Crippen molar-refractivity contribution in [3.8, 4) is 11.3 Å². The Hall–Kier alpha value is -5.11. The van der Waals surface area contributed by atoms with Crippen molar-refractivity contribution < 1.29 is 9.59 Å². The number of carbonyl (C=O) groups excluding carboxylic acids is 2.